The van der Waals surface area contributed by atoms with Crippen molar-refractivity contribution in [1.29, 1.82) is 0 Å². The summed E-state index contributed by atoms with van der Waals surface area (Å²) in [7, 11) is 0. The minimum Gasteiger partial charge on any atom is -0.481 e. The van der Waals surface area contributed by atoms with Crippen molar-refractivity contribution in [3.05, 3.63) is 59.9 Å². The maximum atomic E-state index is 13.5. The fraction of sp³-hybridized carbons (Fsp3) is 0.300. The van der Waals surface area contributed by atoms with Crippen molar-refractivity contribution in [3.8, 4) is 0 Å². The third-order valence-corrected chi connectivity index (χ3v) is 4.84. The monoisotopic (exact) mass is 356 g/mol. The minimum atomic E-state index is -0.705. The van der Waals surface area contributed by atoms with Crippen molar-refractivity contribution < 1.29 is 19.1 Å². The van der Waals surface area contributed by atoms with Crippen molar-refractivity contribution in [3.63, 3.8) is 0 Å². The van der Waals surface area contributed by atoms with Crippen LogP contribution in [0.2, 0.25) is 0 Å². The lowest BCUT2D eigenvalue weighted by molar-refractivity contribution is -0.142. The Labute approximate surface area is 151 Å². The Kier molecular flexibility index (Phi) is 5.51. The fourth-order valence-electron chi connectivity index (χ4n) is 3.36. The number of halogens is 1. The van der Waals surface area contributed by atoms with E-state index in [2.05, 4.69) is 10.6 Å². The van der Waals surface area contributed by atoms with E-state index in [9.17, 15) is 14.0 Å². The van der Waals surface area contributed by atoms with Gasteiger partial charge < -0.3 is 15.7 Å². The lowest BCUT2D eigenvalue weighted by atomic mass is 9.79. The average Bonchev–Trinajstić information content (AvgIpc) is 2.64. The van der Waals surface area contributed by atoms with E-state index >= 15 is 0 Å². The van der Waals surface area contributed by atoms with Gasteiger partial charge in [0.1, 0.15) is 5.82 Å². The first kappa shape index (κ1) is 17.9. The Bertz CT molecular complexity index is 784. The van der Waals surface area contributed by atoms with Gasteiger partial charge in [0.2, 0.25) is 0 Å². The molecular weight excluding hydrogens is 335 g/mol. The van der Waals surface area contributed by atoms with Gasteiger partial charge in [-0.15, -0.1) is 0 Å². The quantitative estimate of drug-likeness (QED) is 0.734. The predicted molar refractivity (Wildman–Crippen MR) is 97.8 cm³/mol. The molecule has 0 atom stereocenters. The number of hydrogen-bond acceptors (Lipinski definition) is 2. The molecule has 3 rings (SSSR count). The standard InChI is InChI=1S/C20H21FN2O3/c21-17-3-1-2-4-18(17)23-20(26)22-16-11-9-14(10-12-16)13-5-7-15(8-6-13)19(24)25/h1-4,9-13,15H,5-8H2,(H,24,25)(H2,22,23,26)/t13-,15-. The molecule has 6 heteroatoms. The van der Waals surface area contributed by atoms with Gasteiger partial charge in [-0.05, 0) is 61.4 Å². The summed E-state index contributed by atoms with van der Waals surface area (Å²) in [6, 6.07) is 13.0. The zero-order valence-electron chi connectivity index (χ0n) is 14.2. The van der Waals surface area contributed by atoms with Crippen molar-refractivity contribution in [2.75, 3.05) is 10.6 Å². The number of carbonyl (C=O) groups is 2. The summed E-state index contributed by atoms with van der Waals surface area (Å²) >= 11 is 0. The second kappa shape index (κ2) is 7.99. The molecule has 0 spiro atoms. The molecule has 1 fully saturated rings. The predicted octanol–water partition coefficient (Wildman–Crippen LogP) is 4.83. The van der Waals surface area contributed by atoms with Crippen LogP contribution in [0.15, 0.2) is 48.5 Å². The van der Waals surface area contributed by atoms with E-state index < -0.39 is 17.8 Å². The van der Waals surface area contributed by atoms with E-state index in [1.165, 1.54) is 12.1 Å². The number of anilines is 2. The maximum Gasteiger partial charge on any atom is 0.323 e. The Morgan fingerprint density at radius 3 is 2.19 bits per heavy atom. The Morgan fingerprint density at radius 2 is 1.58 bits per heavy atom. The molecule has 0 aliphatic heterocycles. The van der Waals surface area contributed by atoms with Crippen molar-refractivity contribution in [2.24, 2.45) is 5.92 Å². The van der Waals surface area contributed by atoms with Crippen molar-refractivity contribution in [1.82, 2.24) is 0 Å². The van der Waals surface area contributed by atoms with Crippen LogP contribution in [-0.4, -0.2) is 17.1 Å². The lowest BCUT2D eigenvalue weighted by Gasteiger charge is -2.26. The maximum absolute atomic E-state index is 13.5. The molecule has 2 amide bonds. The van der Waals surface area contributed by atoms with E-state index in [1.54, 1.807) is 24.3 Å². The second-order valence-corrected chi connectivity index (χ2v) is 6.57. The molecule has 2 aromatic carbocycles. The van der Waals surface area contributed by atoms with E-state index in [1.807, 2.05) is 12.1 Å². The zero-order chi connectivity index (χ0) is 18.5. The van der Waals surface area contributed by atoms with Crippen LogP contribution < -0.4 is 10.6 Å². The van der Waals surface area contributed by atoms with Crippen molar-refractivity contribution >= 4 is 23.4 Å². The number of para-hydroxylation sites is 1. The third-order valence-electron chi connectivity index (χ3n) is 4.84. The average molecular weight is 356 g/mol. The van der Waals surface area contributed by atoms with Gasteiger partial charge in [0.05, 0.1) is 11.6 Å². The van der Waals surface area contributed by atoms with Gasteiger partial charge in [0.15, 0.2) is 0 Å². The number of carboxylic acid groups (broad SMARTS) is 1. The molecule has 0 radical (unpaired) electrons. The molecule has 0 saturated heterocycles. The van der Waals surface area contributed by atoms with E-state index in [0.29, 0.717) is 24.4 Å². The van der Waals surface area contributed by atoms with Gasteiger partial charge in [-0.1, -0.05) is 24.3 Å². The topological polar surface area (TPSA) is 78.4 Å². The molecule has 0 aromatic heterocycles. The van der Waals surface area contributed by atoms with Gasteiger partial charge in [0, 0.05) is 5.69 Å². The number of urea groups is 1. The van der Waals surface area contributed by atoms with Gasteiger partial charge in [0.25, 0.3) is 0 Å². The van der Waals surface area contributed by atoms with Crippen LogP contribution in [0.1, 0.15) is 37.2 Å². The molecule has 2 aromatic rings. The summed E-state index contributed by atoms with van der Waals surface area (Å²) in [6.45, 7) is 0. The number of hydrogen-bond donors (Lipinski definition) is 3. The molecule has 1 saturated carbocycles. The lowest BCUT2D eigenvalue weighted by Crippen LogP contribution is -2.21. The first-order valence-electron chi connectivity index (χ1n) is 8.68. The molecule has 3 N–H and O–H groups in total. The van der Waals surface area contributed by atoms with E-state index in [-0.39, 0.29) is 11.6 Å². The van der Waals surface area contributed by atoms with Gasteiger partial charge in [-0.2, -0.15) is 0 Å². The molecule has 0 unspecified atom stereocenters. The third kappa shape index (κ3) is 4.39. The van der Waals surface area contributed by atoms with Crippen LogP contribution in [0.5, 0.6) is 0 Å². The summed E-state index contributed by atoms with van der Waals surface area (Å²) < 4.78 is 13.5. The smallest absolute Gasteiger partial charge is 0.323 e. The summed E-state index contributed by atoms with van der Waals surface area (Å²) in [4.78, 5) is 23.0. The Hall–Kier alpha value is -2.89. The summed E-state index contributed by atoms with van der Waals surface area (Å²) in [6.07, 6.45) is 3.12. The molecule has 26 heavy (non-hydrogen) atoms. The van der Waals surface area contributed by atoms with Crippen LogP contribution in [0, 0.1) is 11.7 Å². The van der Waals surface area contributed by atoms with Crippen LogP contribution in [-0.2, 0) is 4.79 Å². The zero-order valence-corrected chi connectivity index (χ0v) is 14.2. The molecule has 136 valence electrons. The van der Waals surface area contributed by atoms with Crippen LogP contribution in [0.3, 0.4) is 0 Å². The molecule has 0 bridgehead atoms. The van der Waals surface area contributed by atoms with E-state index in [4.69, 9.17) is 5.11 Å². The molecule has 1 aliphatic carbocycles. The molecular formula is C20H21FN2O3. The number of amides is 2. The van der Waals surface area contributed by atoms with Gasteiger partial charge in [-0.25, -0.2) is 9.18 Å². The van der Waals surface area contributed by atoms with Gasteiger partial charge >= 0.3 is 12.0 Å². The van der Waals surface area contributed by atoms with Gasteiger partial charge in [-0.3, -0.25) is 4.79 Å². The number of rotatable bonds is 4. The molecule has 5 nitrogen and oxygen atoms in total. The summed E-state index contributed by atoms with van der Waals surface area (Å²) in [5.74, 6) is -1.07. The van der Waals surface area contributed by atoms with Crippen LogP contribution in [0.25, 0.3) is 0 Å². The second-order valence-electron chi connectivity index (χ2n) is 6.57. The number of benzene rings is 2. The first-order chi connectivity index (χ1) is 12.5. The minimum absolute atomic E-state index is 0.122. The molecule has 1 aliphatic rings. The largest absolute Gasteiger partial charge is 0.481 e. The Morgan fingerprint density at radius 1 is 0.923 bits per heavy atom. The van der Waals surface area contributed by atoms with Crippen molar-refractivity contribution in [2.45, 2.75) is 31.6 Å². The molecule has 0 heterocycles. The highest BCUT2D eigenvalue weighted by molar-refractivity contribution is 5.99. The Balaban J connectivity index is 1.55. The van der Waals surface area contributed by atoms with Crippen LogP contribution >= 0.6 is 0 Å². The highest BCUT2D eigenvalue weighted by Crippen LogP contribution is 2.36. The number of nitrogens with one attached hydrogen (secondary N) is 2. The number of aliphatic carboxylic acids is 1. The first-order valence-corrected chi connectivity index (χ1v) is 8.68. The fourth-order valence-corrected chi connectivity index (χ4v) is 3.36. The summed E-state index contributed by atoms with van der Waals surface area (Å²) in [5, 5.41) is 14.2. The SMILES string of the molecule is O=C(Nc1ccc([C@H]2CC[C@H](C(=O)O)CC2)cc1)Nc1ccccc1F. The summed E-state index contributed by atoms with van der Waals surface area (Å²) in [5.41, 5.74) is 1.88. The normalized spacial score (nSPS) is 19.6. The number of carbonyl (C=O) groups excluding carboxylic acids is 1. The van der Waals surface area contributed by atoms with E-state index in [0.717, 1.165) is 18.4 Å². The highest BCUT2D eigenvalue weighted by Gasteiger charge is 2.26. The van der Waals surface area contributed by atoms with Crippen LogP contribution in [0.4, 0.5) is 20.6 Å². The highest BCUT2D eigenvalue weighted by atomic mass is 19.1. The number of carboxylic acids is 1.